The summed E-state index contributed by atoms with van der Waals surface area (Å²) in [4.78, 5) is 12.7. The van der Waals surface area contributed by atoms with Gasteiger partial charge in [-0.2, -0.15) is 0 Å². The molecule has 1 aromatic heterocycles. The summed E-state index contributed by atoms with van der Waals surface area (Å²) >= 11 is 0. The van der Waals surface area contributed by atoms with Gasteiger partial charge in [0.15, 0.2) is 9.84 Å². The minimum atomic E-state index is -2.94. The van der Waals surface area contributed by atoms with Crippen LogP contribution in [0.25, 0.3) is 11.0 Å². The molecular formula is C17H24N4O2S. The number of H-pyrrole nitrogens is 1. The molecule has 0 bridgehead atoms. The molecule has 2 fully saturated rings. The Morgan fingerprint density at radius 3 is 2.62 bits per heavy atom. The van der Waals surface area contributed by atoms with E-state index in [9.17, 15) is 8.42 Å². The number of imidazole rings is 1. The molecule has 2 aliphatic rings. The summed E-state index contributed by atoms with van der Waals surface area (Å²) in [6.07, 6.45) is 1.06. The first-order valence-electron chi connectivity index (χ1n) is 8.68. The lowest BCUT2D eigenvalue weighted by Crippen LogP contribution is -2.58. The Balaban J connectivity index is 1.57. The second kappa shape index (κ2) is 6.13. The summed E-state index contributed by atoms with van der Waals surface area (Å²) in [5.41, 5.74) is 2.00. The number of fused-ring (bicyclic) bond motifs is 2. The molecule has 1 N–H and O–H groups in total. The molecule has 3 heterocycles. The molecule has 2 aromatic rings. The molecule has 2 aliphatic heterocycles. The van der Waals surface area contributed by atoms with Gasteiger partial charge in [0.05, 0.1) is 29.1 Å². The number of rotatable bonds is 4. The first-order valence-corrected chi connectivity index (χ1v) is 10.5. The Kier molecular flexibility index (Phi) is 4.10. The van der Waals surface area contributed by atoms with E-state index < -0.39 is 9.84 Å². The van der Waals surface area contributed by atoms with E-state index >= 15 is 0 Å². The van der Waals surface area contributed by atoms with E-state index in [0.29, 0.717) is 12.3 Å². The van der Waals surface area contributed by atoms with Crippen molar-refractivity contribution in [2.75, 3.05) is 31.1 Å². The second-order valence-corrected chi connectivity index (χ2v) is 9.07. The maximum absolute atomic E-state index is 12.2. The molecule has 1 aromatic carbocycles. The van der Waals surface area contributed by atoms with Gasteiger partial charge in [-0.3, -0.25) is 9.80 Å². The Bertz CT molecular complexity index is 799. The van der Waals surface area contributed by atoms with Gasteiger partial charge in [0, 0.05) is 25.2 Å². The fourth-order valence-electron chi connectivity index (χ4n) is 4.13. The van der Waals surface area contributed by atoms with Crippen LogP contribution in [0.3, 0.4) is 0 Å². The Labute approximate surface area is 142 Å². The van der Waals surface area contributed by atoms with Crippen LogP contribution >= 0.6 is 0 Å². The van der Waals surface area contributed by atoms with Crippen molar-refractivity contribution >= 4 is 20.9 Å². The van der Waals surface area contributed by atoms with Gasteiger partial charge in [-0.25, -0.2) is 13.4 Å². The molecule has 0 saturated carbocycles. The zero-order chi connectivity index (χ0) is 16.7. The van der Waals surface area contributed by atoms with Crippen molar-refractivity contribution in [1.29, 1.82) is 0 Å². The Hall–Kier alpha value is -1.44. The molecule has 0 spiro atoms. The van der Waals surface area contributed by atoms with Crippen molar-refractivity contribution in [2.24, 2.45) is 0 Å². The van der Waals surface area contributed by atoms with E-state index in [-0.39, 0.29) is 17.8 Å². The molecule has 24 heavy (non-hydrogen) atoms. The number of aromatic nitrogens is 2. The highest BCUT2D eigenvalue weighted by molar-refractivity contribution is 7.91. The lowest BCUT2D eigenvalue weighted by atomic mass is 10.0. The van der Waals surface area contributed by atoms with Gasteiger partial charge in [0.25, 0.3) is 0 Å². The highest BCUT2D eigenvalue weighted by Crippen LogP contribution is 2.28. The first-order chi connectivity index (χ1) is 11.6. The zero-order valence-electron chi connectivity index (χ0n) is 14.0. The third-order valence-corrected chi connectivity index (χ3v) is 6.91. The molecule has 130 valence electrons. The maximum Gasteiger partial charge on any atom is 0.153 e. The normalized spacial score (nSPS) is 27.5. The number of aromatic amines is 1. The largest absolute Gasteiger partial charge is 0.341 e. The van der Waals surface area contributed by atoms with E-state index in [2.05, 4.69) is 26.7 Å². The van der Waals surface area contributed by atoms with Crippen LogP contribution < -0.4 is 0 Å². The number of benzene rings is 1. The summed E-state index contributed by atoms with van der Waals surface area (Å²) < 4.78 is 24.4. The standard InChI is InChI=1S/C17H24N4O2S/c1-2-7-20-8-9-21(16-12-24(22,23)11-15(16)20)10-17-18-13-5-3-4-6-14(13)19-17/h3-6,15-16H,2,7-12H2,1H3,(H,18,19)/t15-,16+/m1/s1. The molecule has 2 atom stereocenters. The Morgan fingerprint density at radius 2 is 1.88 bits per heavy atom. The van der Waals surface area contributed by atoms with Crippen molar-refractivity contribution in [3.05, 3.63) is 30.1 Å². The SMILES string of the molecule is CCCN1CCN(Cc2nc3ccccc3[nH]2)[C@H]2CS(=O)(=O)C[C@H]21. The van der Waals surface area contributed by atoms with Crippen LogP contribution in [0.15, 0.2) is 24.3 Å². The van der Waals surface area contributed by atoms with Crippen molar-refractivity contribution < 1.29 is 8.42 Å². The lowest BCUT2D eigenvalue weighted by Gasteiger charge is -2.43. The second-order valence-electron chi connectivity index (χ2n) is 6.92. The van der Waals surface area contributed by atoms with E-state index in [1.807, 2.05) is 24.3 Å². The van der Waals surface area contributed by atoms with Crippen LogP contribution in [0.2, 0.25) is 0 Å². The molecule has 7 heteroatoms. The lowest BCUT2D eigenvalue weighted by molar-refractivity contribution is 0.0392. The van der Waals surface area contributed by atoms with E-state index in [4.69, 9.17) is 0 Å². The van der Waals surface area contributed by atoms with Crippen LogP contribution in [-0.4, -0.2) is 71.4 Å². The minimum absolute atomic E-state index is 0.0866. The topological polar surface area (TPSA) is 69.3 Å². The van der Waals surface area contributed by atoms with Crippen molar-refractivity contribution in [2.45, 2.75) is 32.0 Å². The number of para-hydroxylation sites is 2. The molecule has 0 radical (unpaired) electrons. The average Bonchev–Trinajstić information content (AvgIpc) is 3.09. The van der Waals surface area contributed by atoms with E-state index in [1.54, 1.807) is 0 Å². The Morgan fingerprint density at radius 1 is 1.17 bits per heavy atom. The first kappa shape index (κ1) is 16.1. The summed E-state index contributed by atoms with van der Waals surface area (Å²) in [7, 11) is -2.94. The number of hydrogen-bond donors (Lipinski definition) is 1. The van der Waals surface area contributed by atoms with Gasteiger partial charge in [-0.1, -0.05) is 19.1 Å². The summed E-state index contributed by atoms with van der Waals surface area (Å²) in [5.74, 6) is 1.50. The molecule has 0 amide bonds. The van der Waals surface area contributed by atoms with Crippen LogP contribution in [0, 0.1) is 0 Å². The van der Waals surface area contributed by atoms with Crippen LogP contribution in [0.5, 0.6) is 0 Å². The average molecular weight is 348 g/mol. The van der Waals surface area contributed by atoms with Crippen molar-refractivity contribution in [1.82, 2.24) is 19.8 Å². The van der Waals surface area contributed by atoms with Gasteiger partial charge in [0.1, 0.15) is 5.82 Å². The number of piperazine rings is 1. The highest BCUT2D eigenvalue weighted by atomic mass is 32.2. The number of hydrogen-bond acceptors (Lipinski definition) is 5. The van der Waals surface area contributed by atoms with E-state index in [0.717, 1.165) is 42.9 Å². The molecule has 6 nitrogen and oxygen atoms in total. The zero-order valence-corrected chi connectivity index (χ0v) is 14.8. The third-order valence-electron chi connectivity index (χ3n) is 5.21. The van der Waals surface area contributed by atoms with Crippen LogP contribution in [-0.2, 0) is 16.4 Å². The molecule has 2 saturated heterocycles. The number of nitrogens with one attached hydrogen (secondary N) is 1. The van der Waals surface area contributed by atoms with Gasteiger partial charge < -0.3 is 4.98 Å². The third kappa shape index (κ3) is 2.96. The fraction of sp³-hybridized carbons (Fsp3) is 0.588. The van der Waals surface area contributed by atoms with Gasteiger partial charge in [-0.15, -0.1) is 0 Å². The number of nitrogens with zero attached hydrogens (tertiary/aromatic N) is 3. The molecular weight excluding hydrogens is 324 g/mol. The summed E-state index contributed by atoms with van der Waals surface area (Å²) in [5, 5.41) is 0. The van der Waals surface area contributed by atoms with Crippen molar-refractivity contribution in [3.63, 3.8) is 0 Å². The molecule has 4 rings (SSSR count). The summed E-state index contributed by atoms with van der Waals surface area (Å²) in [6.45, 7) is 5.65. The fourth-order valence-corrected chi connectivity index (χ4v) is 6.17. The van der Waals surface area contributed by atoms with Gasteiger partial charge in [-0.05, 0) is 25.1 Å². The molecule has 0 unspecified atom stereocenters. The van der Waals surface area contributed by atoms with Gasteiger partial charge in [0.2, 0.25) is 0 Å². The monoisotopic (exact) mass is 348 g/mol. The van der Waals surface area contributed by atoms with Gasteiger partial charge >= 0.3 is 0 Å². The van der Waals surface area contributed by atoms with E-state index in [1.165, 1.54) is 0 Å². The highest BCUT2D eigenvalue weighted by Gasteiger charge is 2.46. The predicted octanol–water partition coefficient (Wildman–Crippen LogP) is 1.26. The van der Waals surface area contributed by atoms with Crippen molar-refractivity contribution in [3.8, 4) is 0 Å². The minimum Gasteiger partial charge on any atom is -0.341 e. The number of sulfone groups is 1. The van der Waals surface area contributed by atoms with Crippen LogP contribution in [0.1, 0.15) is 19.2 Å². The maximum atomic E-state index is 12.2. The summed E-state index contributed by atoms with van der Waals surface area (Å²) in [6, 6.07) is 8.21. The quantitative estimate of drug-likeness (QED) is 0.901. The predicted molar refractivity (Wildman–Crippen MR) is 94.6 cm³/mol. The smallest absolute Gasteiger partial charge is 0.153 e. The van der Waals surface area contributed by atoms with Crippen LogP contribution in [0.4, 0.5) is 0 Å². The molecule has 0 aliphatic carbocycles.